The van der Waals surface area contributed by atoms with Crippen LogP contribution >= 0.6 is 11.8 Å². The first-order valence-electron chi connectivity index (χ1n) is 12.3. The van der Waals surface area contributed by atoms with Crippen LogP contribution in [-0.2, 0) is 28.3 Å². The monoisotopic (exact) mass is 504 g/mol. The maximum atomic E-state index is 13.7. The van der Waals surface area contributed by atoms with Gasteiger partial charge >= 0.3 is 5.97 Å². The number of hydrogen-bond donors (Lipinski definition) is 1. The van der Waals surface area contributed by atoms with Gasteiger partial charge in [0.15, 0.2) is 10.8 Å². The fraction of sp³-hybridized carbons (Fsp3) is 0.407. The molecule has 0 amide bonds. The van der Waals surface area contributed by atoms with Crippen molar-refractivity contribution in [1.29, 1.82) is 0 Å². The minimum Gasteiger partial charge on any atom is -0.458 e. The van der Waals surface area contributed by atoms with E-state index in [0.717, 1.165) is 46.0 Å². The SMILES string of the molecule is CC[C@@]1(O)C(=O)OCc2c1cc1n(c2=O)Cc2c-1nc1cccc3c1c2N(CCC(C)C)C(SC)=N3. The largest absolute Gasteiger partial charge is 0.458 e. The number of aromatic nitrogens is 2. The molecule has 0 saturated heterocycles. The van der Waals surface area contributed by atoms with Crippen LogP contribution in [0.3, 0.4) is 0 Å². The highest BCUT2D eigenvalue weighted by Gasteiger charge is 2.45. The first kappa shape index (κ1) is 23.2. The molecule has 3 aliphatic rings. The van der Waals surface area contributed by atoms with E-state index in [4.69, 9.17) is 14.7 Å². The predicted molar refractivity (Wildman–Crippen MR) is 142 cm³/mol. The van der Waals surface area contributed by atoms with Gasteiger partial charge in [0.05, 0.1) is 45.8 Å². The average molecular weight is 505 g/mol. The van der Waals surface area contributed by atoms with Gasteiger partial charge in [0, 0.05) is 17.7 Å². The van der Waals surface area contributed by atoms with Crippen LogP contribution in [0.4, 0.5) is 11.4 Å². The zero-order valence-electron chi connectivity index (χ0n) is 20.8. The molecule has 3 aliphatic heterocycles. The van der Waals surface area contributed by atoms with E-state index in [0.29, 0.717) is 35.0 Å². The Hall–Kier alpha value is -3.17. The van der Waals surface area contributed by atoms with E-state index in [1.807, 2.05) is 24.5 Å². The first-order valence-corrected chi connectivity index (χ1v) is 13.5. The van der Waals surface area contributed by atoms with Crippen LogP contribution in [0.1, 0.15) is 50.3 Å². The van der Waals surface area contributed by atoms with Crippen LogP contribution in [0.2, 0.25) is 0 Å². The number of ether oxygens (including phenoxy) is 1. The molecule has 1 N–H and O–H groups in total. The fourth-order valence-corrected chi connectivity index (χ4v) is 6.08. The molecule has 3 aromatic rings. The quantitative estimate of drug-likeness (QED) is 0.414. The van der Waals surface area contributed by atoms with Crippen LogP contribution in [0.5, 0.6) is 0 Å². The molecule has 6 rings (SSSR count). The van der Waals surface area contributed by atoms with Crippen LogP contribution < -0.4 is 10.5 Å². The molecule has 0 bridgehead atoms. The van der Waals surface area contributed by atoms with Crippen LogP contribution in [0, 0.1) is 5.92 Å². The van der Waals surface area contributed by atoms with Gasteiger partial charge in [-0.1, -0.05) is 38.6 Å². The second kappa shape index (κ2) is 8.18. The molecular weight excluding hydrogens is 476 g/mol. The maximum absolute atomic E-state index is 13.7. The second-order valence-corrected chi connectivity index (χ2v) is 10.8. The Bertz CT molecular complexity index is 1540. The zero-order chi connectivity index (χ0) is 25.4. The summed E-state index contributed by atoms with van der Waals surface area (Å²) < 4.78 is 6.92. The predicted octanol–water partition coefficient (Wildman–Crippen LogP) is 4.30. The van der Waals surface area contributed by atoms with E-state index < -0.39 is 11.6 Å². The number of nitrogens with zero attached hydrogens (tertiary/aromatic N) is 4. The summed E-state index contributed by atoms with van der Waals surface area (Å²) in [5, 5.41) is 13.1. The molecule has 5 heterocycles. The smallest absolute Gasteiger partial charge is 0.343 e. The number of fused-ring (bicyclic) bond motifs is 5. The first-order chi connectivity index (χ1) is 17.3. The number of amidine groups is 1. The van der Waals surface area contributed by atoms with Crippen molar-refractivity contribution in [1.82, 2.24) is 9.55 Å². The molecule has 0 unspecified atom stereocenters. The second-order valence-electron chi connectivity index (χ2n) is 9.99. The summed E-state index contributed by atoms with van der Waals surface area (Å²) in [5.41, 5.74) is 3.60. The van der Waals surface area contributed by atoms with Crippen molar-refractivity contribution in [3.8, 4) is 11.4 Å². The lowest BCUT2D eigenvalue weighted by Gasteiger charge is -2.32. The average Bonchev–Trinajstić information content (AvgIpc) is 3.24. The van der Waals surface area contributed by atoms with Gasteiger partial charge in [0.2, 0.25) is 0 Å². The Balaban J connectivity index is 1.63. The third-order valence-electron chi connectivity index (χ3n) is 7.49. The summed E-state index contributed by atoms with van der Waals surface area (Å²) in [5.74, 6) is -0.196. The summed E-state index contributed by atoms with van der Waals surface area (Å²) >= 11 is 1.61. The number of cyclic esters (lactones) is 1. The van der Waals surface area contributed by atoms with E-state index in [2.05, 4.69) is 18.7 Å². The summed E-state index contributed by atoms with van der Waals surface area (Å²) in [6.07, 6.45) is 3.14. The number of carbonyl (C=O) groups excluding carboxylic acids is 1. The van der Waals surface area contributed by atoms with Crippen LogP contribution in [-0.4, -0.2) is 38.6 Å². The molecule has 0 spiro atoms. The van der Waals surface area contributed by atoms with Gasteiger partial charge in [-0.05, 0) is 43.2 Å². The summed E-state index contributed by atoms with van der Waals surface area (Å²) in [7, 11) is 0. The molecule has 0 fully saturated rings. The van der Waals surface area contributed by atoms with Gasteiger partial charge in [-0.25, -0.2) is 14.8 Å². The Kier molecular flexibility index (Phi) is 5.28. The molecule has 9 heteroatoms. The van der Waals surface area contributed by atoms with Crippen molar-refractivity contribution in [2.24, 2.45) is 10.9 Å². The van der Waals surface area contributed by atoms with E-state index in [1.165, 1.54) is 0 Å². The van der Waals surface area contributed by atoms with Crippen molar-refractivity contribution in [2.45, 2.75) is 52.4 Å². The number of aliphatic imine (C=N–C) groups is 1. The molecule has 186 valence electrons. The highest BCUT2D eigenvalue weighted by molar-refractivity contribution is 8.13. The Labute approximate surface area is 213 Å². The minimum absolute atomic E-state index is 0.116. The molecule has 0 radical (unpaired) electrons. The number of anilines is 1. The number of aliphatic hydroxyl groups is 1. The van der Waals surface area contributed by atoms with Crippen molar-refractivity contribution in [2.75, 3.05) is 17.7 Å². The number of hydrogen-bond acceptors (Lipinski definition) is 8. The molecule has 1 atom stereocenters. The molecule has 2 aromatic heterocycles. The lowest BCUT2D eigenvalue weighted by atomic mass is 9.86. The van der Waals surface area contributed by atoms with Gasteiger partial charge in [-0.3, -0.25) is 4.79 Å². The number of esters is 1. The number of rotatable bonds is 4. The molecule has 8 nitrogen and oxygen atoms in total. The van der Waals surface area contributed by atoms with Crippen molar-refractivity contribution in [3.63, 3.8) is 0 Å². The Morgan fingerprint density at radius 2 is 2.06 bits per heavy atom. The van der Waals surface area contributed by atoms with Gasteiger partial charge in [-0.2, -0.15) is 0 Å². The van der Waals surface area contributed by atoms with Crippen molar-refractivity contribution in [3.05, 3.63) is 51.3 Å². The van der Waals surface area contributed by atoms with Crippen molar-refractivity contribution < 1.29 is 14.6 Å². The summed E-state index contributed by atoms with van der Waals surface area (Å²) in [6.45, 7) is 7.15. The van der Waals surface area contributed by atoms with Gasteiger partial charge in [0.25, 0.3) is 5.56 Å². The molecular formula is C27H28N4O4S. The van der Waals surface area contributed by atoms with Gasteiger partial charge < -0.3 is 19.3 Å². The van der Waals surface area contributed by atoms with E-state index in [1.54, 1.807) is 29.3 Å². The Morgan fingerprint density at radius 3 is 2.78 bits per heavy atom. The molecule has 0 saturated carbocycles. The molecule has 0 aliphatic carbocycles. The third kappa shape index (κ3) is 3.12. The highest BCUT2D eigenvalue weighted by Crippen LogP contribution is 2.48. The maximum Gasteiger partial charge on any atom is 0.343 e. The highest BCUT2D eigenvalue weighted by atomic mass is 32.2. The normalized spacial score (nSPS) is 19.8. The number of carbonyl (C=O) groups is 1. The van der Waals surface area contributed by atoms with Gasteiger partial charge in [-0.15, -0.1) is 0 Å². The minimum atomic E-state index is -1.84. The number of thioether (sulfide) groups is 1. The zero-order valence-corrected chi connectivity index (χ0v) is 21.6. The number of benzene rings is 1. The van der Waals surface area contributed by atoms with Crippen LogP contribution in [0.15, 0.2) is 34.1 Å². The van der Waals surface area contributed by atoms with E-state index >= 15 is 0 Å². The standard InChI is InChI=1S/C27H28N4O4S/c1-5-27(34)17-11-20-22-15(12-31(20)24(32)16(17)13-35-25(27)33)23-21-18(28-22)7-6-8-19(21)29-26(36-4)30(23)10-9-14(2)3/h6-8,11,14,34H,5,9-10,12-13H2,1-4H3/t27-/m0/s1. The van der Waals surface area contributed by atoms with E-state index in [9.17, 15) is 14.7 Å². The van der Waals surface area contributed by atoms with E-state index in [-0.39, 0.29) is 18.6 Å². The van der Waals surface area contributed by atoms with Crippen LogP contribution in [0.25, 0.3) is 22.3 Å². The molecule has 36 heavy (non-hydrogen) atoms. The lowest BCUT2D eigenvalue weighted by Crippen LogP contribution is -2.44. The van der Waals surface area contributed by atoms with Gasteiger partial charge in [0.1, 0.15) is 6.61 Å². The Morgan fingerprint density at radius 1 is 1.25 bits per heavy atom. The van der Waals surface area contributed by atoms with Crippen molar-refractivity contribution >= 4 is 45.2 Å². The summed E-state index contributed by atoms with van der Waals surface area (Å²) in [4.78, 5) is 38.4. The third-order valence-corrected chi connectivity index (χ3v) is 8.17. The topological polar surface area (TPSA) is 97.0 Å². The number of pyridine rings is 2. The lowest BCUT2D eigenvalue weighted by molar-refractivity contribution is -0.172. The fourth-order valence-electron chi connectivity index (χ4n) is 5.49. The molecule has 1 aromatic carbocycles. The summed E-state index contributed by atoms with van der Waals surface area (Å²) in [6, 6.07) is 7.70.